The number of alkyl halides is 3. The fraction of sp³-hybridized carbons (Fsp3) is 0.188. The van der Waals surface area contributed by atoms with E-state index in [4.69, 9.17) is 0 Å². The van der Waals surface area contributed by atoms with Gasteiger partial charge in [0.1, 0.15) is 5.82 Å². The van der Waals surface area contributed by atoms with E-state index in [0.29, 0.717) is 5.56 Å². The number of carbonyl (C=O) groups excluding carboxylic acids is 1. The van der Waals surface area contributed by atoms with Crippen molar-refractivity contribution in [2.75, 3.05) is 0 Å². The zero-order chi connectivity index (χ0) is 15.8. The smallest absolute Gasteiger partial charge is 0.289 e. The second kappa shape index (κ2) is 5.31. The van der Waals surface area contributed by atoms with Crippen LogP contribution < -0.4 is 0 Å². The Bertz CT molecular complexity index is 682. The van der Waals surface area contributed by atoms with Crippen molar-refractivity contribution >= 4 is 5.78 Å². The van der Waals surface area contributed by atoms with Crippen molar-refractivity contribution in [3.05, 3.63) is 70.0 Å². The third kappa shape index (κ3) is 3.29. The summed E-state index contributed by atoms with van der Waals surface area (Å²) in [6.07, 6.45) is -4.46. The lowest BCUT2D eigenvalue weighted by atomic mass is 9.96. The predicted molar refractivity (Wildman–Crippen MR) is 70.8 cm³/mol. The molecule has 2 rings (SSSR count). The average molecular weight is 296 g/mol. The minimum absolute atomic E-state index is 0.121. The van der Waals surface area contributed by atoms with Crippen LogP contribution in [-0.2, 0) is 6.18 Å². The quantitative estimate of drug-likeness (QED) is 0.580. The molecule has 0 amide bonds. The van der Waals surface area contributed by atoms with Crippen LogP contribution in [0.3, 0.4) is 0 Å². The molecule has 5 heteroatoms. The highest BCUT2D eigenvalue weighted by Gasteiger charge is 2.31. The Balaban J connectivity index is 2.44. The molecule has 0 aliphatic rings. The minimum Gasteiger partial charge on any atom is -0.289 e. The summed E-state index contributed by atoms with van der Waals surface area (Å²) in [6.45, 7) is 3.06. The lowest BCUT2D eigenvalue weighted by molar-refractivity contribution is -0.137. The van der Waals surface area contributed by atoms with Crippen molar-refractivity contribution in [1.82, 2.24) is 0 Å². The zero-order valence-corrected chi connectivity index (χ0v) is 11.4. The number of hydrogen-bond donors (Lipinski definition) is 0. The molecule has 0 N–H and O–H groups in total. The second-order valence-electron chi connectivity index (χ2n) is 4.87. The standard InChI is InChI=1S/C16H12F4O/c1-9-5-11(8-13(17)6-9)15(21)14-4-3-12(7-10(14)2)16(18,19)20/h3-8H,1-2H3. The minimum atomic E-state index is -4.46. The van der Waals surface area contributed by atoms with E-state index in [0.717, 1.165) is 24.3 Å². The summed E-state index contributed by atoms with van der Waals surface area (Å²) in [4.78, 5) is 12.3. The molecule has 0 aliphatic carbocycles. The lowest BCUT2D eigenvalue weighted by Crippen LogP contribution is -2.09. The number of ketones is 1. The monoisotopic (exact) mass is 296 g/mol. The zero-order valence-electron chi connectivity index (χ0n) is 11.4. The Morgan fingerprint density at radius 2 is 1.67 bits per heavy atom. The predicted octanol–water partition coefficient (Wildman–Crippen LogP) is 4.69. The normalized spacial score (nSPS) is 11.5. The van der Waals surface area contributed by atoms with E-state index in [-0.39, 0.29) is 16.7 Å². The molecule has 0 atom stereocenters. The van der Waals surface area contributed by atoms with Crippen LogP contribution in [0.25, 0.3) is 0 Å². The first kappa shape index (κ1) is 15.2. The molecule has 0 radical (unpaired) electrons. The first-order chi connectivity index (χ1) is 9.68. The second-order valence-corrected chi connectivity index (χ2v) is 4.87. The van der Waals surface area contributed by atoms with Gasteiger partial charge in [-0.2, -0.15) is 13.2 Å². The Morgan fingerprint density at radius 3 is 2.19 bits per heavy atom. The van der Waals surface area contributed by atoms with E-state index in [9.17, 15) is 22.4 Å². The van der Waals surface area contributed by atoms with Crippen molar-refractivity contribution < 1.29 is 22.4 Å². The fourth-order valence-electron chi connectivity index (χ4n) is 2.12. The molecule has 0 saturated carbocycles. The third-order valence-corrected chi connectivity index (χ3v) is 3.10. The van der Waals surface area contributed by atoms with E-state index < -0.39 is 23.3 Å². The maximum atomic E-state index is 13.3. The van der Waals surface area contributed by atoms with Gasteiger partial charge in [0.15, 0.2) is 5.78 Å². The molecule has 110 valence electrons. The van der Waals surface area contributed by atoms with E-state index in [1.54, 1.807) is 6.92 Å². The molecule has 0 spiro atoms. The summed E-state index contributed by atoms with van der Waals surface area (Å²) in [7, 11) is 0. The van der Waals surface area contributed by atoms with Gasteiger partial charge in [0.25, 0.3) is 0 Å². The molecule has 0 heterocycles. The molecule has 21 heavy (non-hydrogen) atoms. The first-order valence-corrected chi connectivity index (χ1v) is 6.18. The molecular formula is C16H12F4O. The highest BCUT2D eigenvalue weighted by molar-refractivity contribution is 6.10. The van der Waals surface area contributed by atoms with Gasteiger partial charge >= 0.3 is 6.18 Å². The fourth-order valence-corrected chi connectivity index (χ4v) is 2.12. The number of hydrogen-bond acceptors (Lipinski definition) is 1. The van der Waals surface area contributed by atoms with E-state index in [1.807, 2.05) is 0 Å². The van der Waals surface area contributed by atoms with Gasteiger partial charge in [-0.05, 0) is 55.3 Å². The van der Waals surface area contributed by atoms with Crippen LogP contribution in [0.2, 0.25) is 0 Å². The Kier molecular flexibility index (Phi) is 3.85. The van der Waals surface area contributed by atoms with Crippen molar-refractivity contribution in [3.8, 4) is 0 Å². The van der Waals surface area contributed by atoms with Gasteiger partial charge < -0.3 is 0 Å². The SMILES string of the molecule is Cc1cc(F)cc(C(=O)c2ccc(C(F)(F)F)cc2C)c1. The van der Waals surface area contributed by atoms with Crippen molar-refractivity contribution in [3.63, 3.8) is 0 Å². The number of benzene rings is 2. The highest BCUT2D eigenvalue weighted by Crippen LogP contribution is 2.31. The molecule has 0 aromatic heterocycles. The van der Waals surface area contributed by atoms with Gasteiger partial charge in [-0.25, -0.2) is 4.39 Å². The summed E-state index contributed by atoms with van der Waals surface area (Å²) in [6, 6.07) is 6.75. The van der Waals surface area contributed by atoms with E-state index in [1.165, 1.54) is 19.1 Å². The maximum absolute atomic E-state index is 13.3. The van der Waals surface area contributed by atoms with Crippen LogP contribution in [0.1, 0.15) is 32.6 Å². The van der Waals surface area contributed by atoms with Gasteiger partial charge in [-0.15, -0.1) is 0 Å². The Hall–Kier alpha value is -2.17. The van der Waals surface area contributed by atoms with Gasteiger partial charge in [0, 0.05) is 11.1 Å². The van der Waals surface area contributed by atoms with Crippen LogP contribution in [0.4, 0.5) is 17.6 Å². The highest BCUT2D eigenvalue weighted by atomic mass is 19.4. The molecule has 0 saturated heterocycles. The van der Waals surface area contributed by atoms with E-state index >= 15 is 0 Å². The van der Waals surface area contributed by atoms with Crippen molar-refractivity contribution in [2.45, 2.75) is 20.0 Å². The summed E-state index contributed by atoms with van der Waals surface area (Å²) in [5.41, 5.74) is 0.218. The van der Waals surface area contributed by atoms with Crippen molar-refractivity contribution in [2.24, 2.45) is 0 Å². The number of rotatable bonds is 2. The molecule has 2 aromatic carbocycles. The van der Waals surface area contributed by atoms with Crippen LogP contribution >= 0.6 is 0 Å². The lowest BCUT2D eigenvalue weighted by Gasteiger charge is -2.11. The maximum Gasteiger partial charge on any atom is 0.416 e. The molecule has 1 nitrogen and oxygen atoms in total. The molecular weight excluding hydrogens is 284 g/mol. The Labute approximate surface area is 119 Å². The molecule has 0 aliphatic heterocycles. The van der Waals surface area contributed by atoms with Crippen LogP contribution in [0, 0.1) is 19.7 Å². The summed E-state index contributed by atoms with van der Waals surface area (Å²) >= 11 is 0. The van der Waals surface area contributed by atoms with Crippen LogP contribution in [-0.4, -0.2) is 5.78 Å². The topological polar surface area (TPSA) is 17.1 Å². The summed E-state index contributed by atoms with van der Waals surface area (Å²) in [5, 5.41) is 0. The van der Waals surface area contributed by atoms with Crippen LogP contribution in [0.15, 0.2) is 36.4 Å². The number of carbonyl (C=O) groups is 1. The largest absolute Gasteiger partial charge is 0.416 e. The number of aryl methyl sites for hydroxylation is 2. The number of halogens is 4. The first-order valence-electron chi connectivity index (χ1n) is 6.18. The summed E-state index contributed by atoms with van der Waals surface area (Å²) in [5.74, 6) is -1.05. The van der Waals surface area contributed by atoms with Gasteiger partial charge in [-0.3, -0.25) is 4.79 Å². The third-order valence-electron chi connectivity index (χ3n) is 3.10. The molecule has 0 unspecified atom stereocenters. The summed E-state index contributed by atoms with van der Waals surface area (Å²) < 4.78 is 51.1. The van der Waals surface area contributed by atoms with E-state index in [2.05, 4.69) is 0 Å². The molecule has 2 aromatic rings. The van der Waals surface area contributed by atoms with Gasteiger partial charge in [0.2, 0.25) is 0 Å². The van der Waals surface area contributed by atoms with Gasteiger partial charge in [-0.1, -0.05) is 6.07 Å². The van der Waals surface area contributed by atoms with Crippen molar-refractivity contribution in [1.29, 1.82) is 0 Å². The average Bonchev–Trinajstić information content (AvgIpc) is 2.35. The van der Waals surface area contributed by atoms with Gasteiger partial charge in [0.05, 0.1) is 5.56 Å². The molecule has 0 bridgehead atoms. The van der Waals surface area contributed by atoms with Crippen LogP contribution in [0.5, 0.6) is 0 Å². The Morgan fingerprint density at radius 1 is 1.00 bits per heavy atom. The molecule has 0 fully saturated rings.